The number of aliphatic hydroxyl groups is 1. The van der Waals surface area contributed by atoms with E-state index in [9.17, 15) is 24.6 Å². The SMILES string of the molecule is Cc1cc(C)cc(NC(=O)Cc2ccc(ON(C(=O)C3CCCC3)[C@H](CO)C(=O)O)cc2)c1. The van der Waals surface area contributed by atoms with E-state index < -0.39 is 24.5 Å². The van der Waals surface area contributed by atoms with Crippen LogP contribution in [0.3, 0.4) is 0 Å². The zero-order valence-corrected chi connectivity index (χ0v) is 18.9. The summed E-state index contributed by atoms with van der Waals surface area (Å²) in [5, 5.41) is 22.6. The average Bonchev–Trinajstić information content (AvgIpc) is 3.28. The standard InChI is InChI=1S/C25H30N2O6/c1-16-11-17(2)13-20(12-16)26-23(29)14-18-7-9-21(10-8-18)33-27(22(15-28)25(31)32)24(30)19-5-3-4-6-19/h7-13,19,22,28H,3-6,14-15H2,1-2H3,(H,26,29)(H,31,32)/t22-/m1/s1. The molecule has 0 spiro atoms. The third-order valence-corrected chi connectivity index (χ3v) is 5.66. The van der Waals surface area contributed by atoms with Gasteiger partial charge in [0, 0.05) is 11.6 Å². The molecule has 0 aliphatic heterocycles. The number of hydrogen-bond acceptors (Lipinski definition) is 5. The zero-order valence-electron chi connectivity index (χ0n) is 18.9. The van der Waals surface area contributed by atoms with Gasteiger partial charge in [0.05, 0.1) is 13.0 Å². The molecule has 3 N–H and O–H groups in total. The van der Waals surface area contributed by atoms with Crippen molar-refractivity contribution >= 4 is 23.5 Å². The molecule has 0 radical (unpaired) electrons. The Morgan fingerprint density at radius 2 is 1.67 bits per heavy atom. The summed E-state index contributed by atoms with van der Waals surface area (Å²) >= 11 is 0. The van der Waals surface area contributed by atoms with E-state index >= 15 is 0 Å². The minimum Gasteiger partial charge on any atom is -0.480 e. The number of anilines is 1. The first kappa shape index (κ1) is 24.3. The first-order valence-corrected chi connectivity index (χ1v) is 11.1. The van der Waals surface area contributed by atoms with Crippen molar-refractivity contribution in [2.75, 3.05) is 11.9 Å². The van der Waals surface area contributed by atoms with Gasteiger partial charge in [-0.2, -0.15) is 5.06 Å². The van der Waals surface area contributed by atoms with E-state index in [0.717, 1.165) is 40.3 Å². The van der Waals surface area contributed by atoms with Crippen molar-refractivity contribution in [3.63, 3.8) is 0 Å². The van der Waals surface area contributed by atoms with Crippen molar-refractivity contribution in [3.8, 4) is 5.75 Å². The maximum atomic E-state index is 12.9. The molecule has 0 aromatic heterocycles. The molecule has 1 aliphatic carbocycles. The largest absolute Gasteiger partial charge is 0.480 e. The summed E-state index contributed by atoms with van der Waals surface area (Å²) in [6.45, 7) is 3.17. The summed E-state index contributed by atoms with van der Waals surface area (Å²) in [4.78, 5) is 42.5. The van der Waals surface area contributed by atoms with Crippen molar-refractivity contribution in [3.05, 3.63) is 59.2 Å². The maximum absolute atomic E-state index is 12.9. The van der Waals surface area contributed by atoms with Crippen LogP contribution in [0.4, 0.5) is 5.69 Å². The molecule has 3 rings (SSSR count). The van der Waals surface area contributed by atoms with Crippen LogP contribution >= 0.6 is 0 Å². The second-order valence-electron chi connectivity index (χ2n) is 8.52. The molecule has 1 atom stereocenters. The molecule has 0 saturated heterocycles. The number of carbonyl (C=O) groups is 3. The molecule has 1 fully saturated rings. The van der Waals surface area contributed by atoms with Crippen LogP contribution in [0, 0.1) is 19.8 Å². The summed E-state index contributed by atoms with van der Waals surface area (Å²) in [5.74, 6) is -2.02. The minimum absolute atomic E-state index is 0.145. The molecule has 33 heavy (non-hydrogen) atoms. The van der Waals surface area contributed by atoms with Gasteiger partial charge in [-0.15, -0.1) is 0 Å². The second kappa shape index (κ2) is 11.0. The number of carboxylic acids is 1. The van der Waals surface area contributed by atoms with Gasteiger partial charge in [0.2, 0.25) is 5.91 Å². The summed E-state index contributed by atoms with van der Waals surface area (Å²) in [6, 6.07) is 10.8. The van der Waals surface area contributed by atoms with Crippen LogP contribution in [0.25, 0.3) is 0 Å². The Kier molecular flexibility index (Phi) is 8.06. The lowest BCUT2D eigenvalue weighted by Gasteiger charge is -2.29. The highest BCUT2D eigenvalue weighted by molar-refractivity contribution is 5.92. The minimum atomic E-state index is -1.50. The molecule has 1 aliphatic rings. The third kappa shape index (κ3) is 6.55. The topological polar surface area (TPSA) is 116 Å². The Hall–Kier alpha value is -3.39. The summed E-state index contributed by atoms with van der Waals surface area (Å²) in [6.07, 6.45) is 3.29. The molecular weight excluding hydrogens is 424 g/mol. The Labute approximate surface area is 193 Å². The maximum Gasteiger partial charge on any atom is 0.332 e. The van der Waals surface area contributed by atoms with Crippen molar-refractivity contribution in [2.24, 2.45) is 5.92 Å². The van der Waals surface area contributed by atoms with Crippen LogP contribution in [0.1, 0.15) is 42.4 Å². The van der Waals surface area contributed by atoms with Gasteiger partial charge in [0.1, 0.15) is 0 Å². The van der Waals surface area contributed by atoms with Gasteiger partial charge in [0.15, 0.2) is 11.8 Å². The zero-order chi connectivity index (χ0) is 24.0. The van der Waals surface area contributed by atoms with Crippen molar-refractivity contribution in [1.29, 1.82) is 0 Å². The molecule has 2 aromatic carbocycles. The monoisotopic (exact) mass is 454 g/mol. The number of aliphatic carboxylic acids is 1. The molecule has 0 heterocycles. The van der Waals surface area contributed by atoms with E-state index in [0.29, 0.717) is 12.8 Å². The highest BCUT2D eigenvalue weighted by Crippen LogP contribution is 2.28. The van der Waals surface area contributed by atoms with Gasteiger partial charge in [-0.3, -0.25) is 9.59 Å². The van der Waals surface area contributed by atoms with Crippen LogP contribution in [-0.4, -0.2) is 45.7 Å². The highest BCUT2D eigenvalue weighted by atomic mass is 16.7. The van der Waals surface area contributed by atoms with Crippen LogP contribution < -0.4 is 10.2 Å². The van der Waals surface area contributed by atoms with E-state index in [1.54, 1.807) is 24.3 Å². The summed E-state index contributed by atoms with van der Waals surface area (Å²) in [5.41, 5.74) is 3.59. The van der Waals surface area contributed by atoms with Gasteiger partial charge in [-0.1, -0.05) is 31.0 Å². The van der Waals surface area contributed by atoms with Gasteiger partial charge in [-0.25, -0.2) is 4.79 Å². The quantitative estimate of drug-likeness (QED) is 0.501. The van der Waals surface area contributed by atoms with Crippen molar-refractivity contribution < 1.29 is 29.4 Å². The van der Waals surface area contributed by atoms with E-state index in [4.69, 9.17) is 4.84 Å². The molecule has 0 unspecified atom stereocenters. The number of benzene rings is 2. The van der Waals surface area contributed by atoms with Crippen LogP contribution in [0.5, 0.6) is 5.75 Å². The predicted octanol–water partition coefficient (Wildman–Crippen LogP) is 3.24. The number of carboxylic acid groups (broad SMARTS) is 1. The normalized spacial score (nSPS) is 14.5. The molecule has 2 aromatic rings. The van der Waals surface area contributed by atoms with Crippen LogP contribution in [-0.2, 0) is 20.8 Å². The molecule has 2 amide bonds. The number of rotatable bonds is 9. The Balaban J connectivity index is 1.67. The number of nitrogens with zero attached hydrogens (tertiary/aromatic N) is 1. The number of aryl methyl sites for hydroxylation is 2. The second-order valence-corrected chi connectivity index (χ2v) is 8.52. The fourth-order valence-corrected chi connectivity index (χ4v) is 4.09. The molecule has 1 saturated carbocycles. The number of hydroxylamine groups is 2. The molecule has 0 bridgehead atoms. The van der Waals surface area contributed by atoms with Gasteiger partial charge in [0.25, 0.3) is 5.91 Å². The first-order valence-electron chi connectivity index (χ1n) is 11.1. The van der Waals surface area contributed by atoms with Crippen LogP contribution in [0.2, 0.25) is 0 Å². The molecule has 8 heteroatoms. The highest BCUT2D eigenvalue weighted by Gasteiger charge is 2.36. The van der Waals surface area contributed by atoms with Crippen LogP contribution in [0.15, 0.2) is 42.5 Å². The van der Waals surface area contributed by atoms with E-state index in [1.807, 2.05) is 32.0 Å². The number of carbonyl (C=O) groups excluding carboxylic acids is 2. The third-order valence-electron chi connectivity index (χ3n) is 5.66. The Morgan fingerprint density at radius 1 is 1.06 bits per heavy atom. The molecular formula is C25H30N2O6. The lowest BCUT2D eigenvalue weighted by molar-refractivity contribution is -0.183. The lowest BCUT2D eigenvalue weighted by Crippen LogP contribution is -2.51. The fraction of sp³-hybridized carbons (Fsp3) is 0.400. The smallest absolute Gasteiger partial charge is 0.332 e. The molecule has 176 valence electrons. The van der Waals surface area contributed by atoms with Gasteiger partial charge < -0.3 is 20.4 Å². The van der Waals surface area contributed by atoms with Gasteiger partial charge >= 0.3 is 5.97 Å². The number of hydrogen-bond donors (Lipinski definition) is 3. The summed E-state index contributed by atoms with van der Waals surface area (Å²) < 4.78 is 0. The lowest BCUT2D eigenvalue weighted by atomic mass is 10.1. The first-order chi connectivity index (χ1) is 15.8. The van der Waals surface area contributed by atoms with E-state index in [1.165, 1.54) is 0 Å². The number of amides is 2. The van der Waals surface area contributed by atoms with Gasteiger partial charge in [-0.05, 0) is 67.6 Å². The average molecular weight is 455 g/mol. The summed E-state index contributed by atoms with van der Waals surface area (Å²) in [7, 11) is 0. The van der Waals surface area contributed by atoms with Crippen molar-refractivity contribution in [2.45, 2.75) is 52.0 Å². The van der Waals surface area contributed by atoms with E-state index in [-0.39, 0.29) is 24.0 Å². The number of nitrogens with one attached hydrogen (secondary N) is 1. The Bertz CT molecular complexity index is 978. The Morgan fingerprint density at radius 3 is 2.21 bits per heavy atom. The number of aliphatic hydroxyl groups excluding tert-OH is 1. The van der Waals surface area contributed by atoms with Crippen molar-refractivity contribution in [1.82, 2.24) is 5.06 Å². The molecule has 8 nitrogen and oxygen atoms in total. The fourth-order valence-electron chi connectivity index (χ4n) is 4.09. The van der Waals surface area contributed by atoms with E-state index in [2.05, 4.69) is 5.32 Å². The predicted molar refractivity (Wildman–Crippen MR) is 123 cm³/mol.